The molecule has 26 heavy (non-hydrogen) atoms. The third kappa shape index (κ3) is 3.95. The third-order valence-electron chi connectivity index (χ3n) is 4.42. The largest absolute Gasteiger partial charge is 0.768 e. The molecule has 3 rings (SSSR count). The first-order valence-electron chi connectivity index (χ1n) is 8.13. The molecular weight excluding hydrogens is 348 g/mol. The molecule has 3 aromatic carbocycles. The van der Waals surface area contributed by atoms with Gasteiger partial charge in [-0.25, -0.2) is 0 Å². The Bertz CT molecular complexity index is 898. The second kappa shape index (κ2) is 7.32. The number of rotatable bonds is 5. The van der Waals surface area contributed by atoms with E-state index in [4.69, 9.17) is 4.74 Å². The zero-order valence-electron chi connectivity index (χ0n) is 14.5. The molecule has 0 aliphatic heterocycles. The highest BCUT2D eigenvalue weighted by Gasteiger charge is 2.23. The molecule has 0 aromatic heterocycles. The predicted octanol–water partition coefficient (Wildman–Crippen LogP) is 4.75. The Morgan fingerprint density at radius 2 is 1.23 bits per heavy atom. The second-order valence-corrected chi connectivity index (χ2v) is 7.45. The summed E-state index contributed by atoms with van der Waals surface area (Å²) in [5.74, 6) is 1.50. The Kier molecular flexibility index (Phi) is 5.11. The summed E-state index contributed by atoms with van der Waals surface area (Å²) in [7, 11) is 0. The average Bonchev–Trinajstić information content (AvgIpc) is 2.63. The molecule has 1 unspecified atom stereocenters. The van der Waals surface area contributed by atoms with Gasteiger partial charge in [0.1, 0.15) is 17.2 Å². The van der Waals surface area contributed by atoms with E-state index in [1.165, 1.54) is 12.1 Å². The summed E-state index contributed by atoms with van der Waals surface area (Å²) < 4.78 is 27.5. The van der Waals surface area contributed by atoms with Crippen molar-refractivity contribution in [2.45, 2.75) is 24.2 Å². The first-order valence-corrected chi connectivity index (χ1v) is 9.21. The fourth-order valence-electron chi connectivity index (χ4n) is 2.74. The molecule has 0 bridgehead atoms. The smallest absolute Gasteiger partial charge is 0.127 e. The van der Waals surface area contributed by atoms with Crippen LogP contribution in [-0.4, -0.2) is 13.9 Å². The van der Waals surface area contributed by atoms with Crippen LogP contribution in [0.1, 0.15) is 25.0 Å². The molecule has 0 heterocycles. The van der Waals surface area contributed by atoms with Crippen LogP contribution in [-0.2, 0) is 16.5 Å². The van der Waals surface area contributed by atoms with Crippen molar-refractivity contribution in [3.63, 3.8) is 0 Å². The zero-order valence-corrected chi connectivity index (χ0v) is 15.3. The maximum atomic E-state index is 10.9. The number of ether oxygens (including phenoxy) is 1. The van der Waals surface area contributed by atoms with E-state index >= 15 is 0 Å². The van der Waals surface area contributed by atoms with Crippen LogP contribution < -0.4 is 4.74 Å². The molecule has 0 fully saturated rings. The van der Waals surface area contributed by atoms with E-state index in [0.29, 0.717) is 11.5 Å². The van der Waals surface area contributed by atoms with Gasteiger partial charge in [-0.2, -0.15) is 0 Å². The van der Waals surface area contributed by atoms with Crippen LogP contribution in [0, 0.1) is 0 Å². The van der Waals surface area contributed by atoms with Crippen LogP contribution in [0.2, 0.25) is 0 Å². The molecule has 0 amide bonds. The van der Waals surface area contributed by atoms with Crippen LogP contribution in [0.5, 0.6) is 17.2 Å². The van der Waals surface area contributed by atoms with Gasteiger partial charge in [-0.15, -0.1) is 0 Å². The maximum absolute atomic E-state index is 10.9. The number of phenols is 1. The molecule has 3 aromatic rings. The Balaban J connectivity index is 1.77. The van der Waals surface area contributed by atoms with Gasteiger partial charge >= 0.3 is 0 Å². The van der Waals surface area contributed by atoms with Crippen molar-refractivity contribution in [1.82, 2.24) is 0 Å². The number of hydrogen-bond acceptors (Lipinski definition) is 4. The molecule has 0 aliphatic carbocycles. The summed E-state index contributed by atoms with van der Waals surface area (Å²) in [5, 5.41) is 9.47. The highest BCUT2D eigenvalue weighted by Crippen LogP contribution is 2.33. The fourth-order valence-corrected chi connectivity index (χ4v) is 3.10. The van der Waals surface area contributed by atoms with Gasteiger partial charge in [0.25, 0.3) is 0 Å². The van der Waals surface area contributed by atoms with E-state index in [1.807, 2.05) is 36.4 Å². The molecule has 0 aliphatic rings. The fraction of sp³-hybridized carbons (Fsp3) is 0.143. The van der Waals surface area contributed by atoms with Gasteiger partial charge in [-0.05, 0) is 70.7 Å². The van der Waals surface area contributed by atoms with E-state index in [0.717, 1.165) is 11.1 Å². The third-order valence-corrected chi connectivity index (χ3v) is 5.07. The summed E-state index contributed by atoms with van der Waals surface area (Å²) in [6.07, 6.45) is 0. The van der Waals surface area contributed by atoms with Gasteiger partial charge < -0.3 is 14.4 Å². The van der Waals surface area contributed by atoms with Crippen LogP contribution in [0.25, 0.3) is 0 Å². The van der Waals surface area contributed by atoms with Gasteiger partial charge in [0.15, 0.2) is 0 Å². The Hall–Kier alpha value is -2.63. The minimum Gasteiger partial charge on any atom is -0.768 e. The van der Waals surface area contributed by atoms with Gasteiger partial charge in [-0.3, -0.25) is 4.21 Å². The quantitative estimate of drug-likeness (QED) is 0.661. The lowest BCUT2D eigenvalue weighted by Gasteiger charge is -2.26. The molecule has 0 saturated carbocycles. The lowest BCUT2D eigenvalue weighted by molar-refractivity contribution is 0.474. The second-order valence-electron chi connectivity index (χ2n) is 6.50. The van der Waals surface area contributed by atoms with Gasteiger partial charge in [0, 0.05) is 10.3 Å². The summed E-state index contributed by atoms with van der Waals surface area (Å²) in [4.78, 5) is 0.225. The molecule has 1 N–H and O–H groups in total. The van der Waals surface area contributed by atoms with E-state index in [1.54, 1.807) is 24.3 Å². The summed E-state index contributed by atoms with van der Waals surface area (Å²) in [6, 6.07) is 21.2. The minimum absolute atomic E-state index is 0.216. The number of benzene rings is 3. The average molecular weight is 367 g/mol. The van der Waals surface area contributed by atoms with Crippen LogP contribution >= 0.6 is 0 Å². The minimum atomic E-state index is -2.24. The number of hydrogen-bond donors (Lipinski definition) is 1. The molecule has 134 valence electrons. The monoisotopic (exact) mass is 367 g/mol. The SMILES string of the molecule is CC(C)(c1ccc(O)cc1)c1ccc(Oc2ccc(S(=O)[O-])cc2)cc1. The normalized spacial score (nSPS) is 12.6. The maximum Gasteiger partial charge on any atom is 0.127 e. The predicted molar refractivity (Wildman–Crippen MR) is 100 cm³/mol. The van der Waals surface area contributed by atoms with E-state index in [9.17, 15) is 13.9 Å². The molecular formula is C21H19O4S-. The lowest BCUT2D eigenvalue weighted by Crippen LogP contribution is -2.18. The number of aromatic hydroxyl groups is 1. The standard InChI is InChI=1S/C21H20O4S/c1-21(2,15-3-7-17(22)8-4-15)16-5-9-18(10-6-16)25-19-11-13-20(14-12-19)26(23)24/h3-14,22H,1-2H3,(H,23,24)/p-1. The highest BCUT2D eigenvalue weighted by atomic mass is 32.2. The summed E-state index contributed by atoms with van der Waals surface area (Å²) >= 11 is -2.24. The van der Waals surface area contributed by atoms with Crippen molar-refractivity contribution >= 4 is 11.1 Å². The van der Waals surface area contributed by atoms with E-state index in [2.05, 4.69) is 13.8 Å². The number of phenolic OH excluding ortho intramolecular Hbond substituents is 1. The topological polar surface area (TPSA) is 69.6 Å². The van der Waals surface area contributed by atoms with Gasteiger partial charge in [-0.1, -0.05) is 38.1 Å². The zero-order chi connectivity index (χ0) is 18.7. The first kappa shape index (κ1) is 18.2. The Morgan fingerprint density at radius 3 is 1.69 bits per heavy atom. The first-order chi connectivity index (χ1) is 12.4. The van der Waals surface area contributed by atoms with Crippen molar-refractivity contribution in [3.8, 4) is 17.2 Å². The van der Waals surface area contributed by atoms with Crippen molar-refractivity contribution < 1.29 is 18.6 Å². The van der Waals surface area contributed by atoms with E-state index < -0.39 is 11.1 Å². The molecule has 0 radical (unpaired) electrons. The van der Waals surface area contributed by atoms with Crippen molar-refractivity contribution in [1.29, 1.82) is 0 Å². The van der Waals surface area contributed by atoms with Crippen LogP contribution in [0.3, 0.4) is 0 Å². The van der Waals surface area contributed by atoms with E-state index in [-0.39, 0.29) is 16.1 Å². The lowest BCUT2D eigenvalue weighted by atomic mass is 9.78. The molecule has 1 atom stereocenters. The Labute approximate surface area is 155 Å². The summed E-state index contributed by atoms with van der Waals surface area (Å²) in [6.45, 7) is 4.24. The van der Waals surface area contributed by atoms with Gasteiger partial charge in [0.05, 0.1) is 0 Å². The van der Waals surface area contributed by atoms with Crippen molar-refractivity contribution in [2.24, 2.45) is 0 Å². The summed E-state index contributed by atoms with van der Waals surface area (Å²) in [5.41, 5.74) is 2.00. The molecule has 4 nitrogen and oxygen atoms in total. The van der Waals surface area contributed by atoms with Crippen LogP contribution in [0.4, 0.5) is 0 Å². The molecule has 5 heteroatoms. The van der Waals surface area contributed by atoms with Crippen LogP contribution in [0.15, 0.2) is 77.7 Å². The highest BCUT2D eigenvalue weighted by molar-refractivity contribution is 7.79. The van der Waals surface area contributed by atoms with Crippen molar-refractivity contribution in [3.05, 3.63) is 83.9 Å². The molecule has 0 spiro atoms. The van der Waals surface area contributed by atoms with Gasteiger partial charge in [0.2, 0.25) is 0 Å². The van der Waals surface area contributed by atoms with Crippen molar-refractivity contribution in [2.75, 3.05) is 0 Å². The molecule has 0 saturated heterocycles. The Morgan fingerprint density at radius 1 is 0.808 bits per heavy atom.